The van der Waals surface area contributed by atoms with Crippen LogP contribution in [0.4, 0.5) is 11.5 Å². The van der Waals surface area contributed by atoms with Crippen LogP contribution in [0.2, 0.25) is 0 Å². The number of nitrogens with two attached hydrogens (primary N) is 1. The van der Waals surface area contributed by atoms with E-state index in [9.17, 15) is 4.79 Å². The summed E-state index contributed by atoms with van der Waals surface area (Å²) in [7, 11) is 0. The molecule has 1 aliphatic rings. The van der Waals surface area contributed by atoms with E-state index in [1.54, 1.807) is 0 Å². The van der Waals surface area contributed by atoms with Gasteiger partial charge in [0.1, 0.15) is 5.69 Å². The lowest BCUT2D eigenvalue weighted by Gasteiger charge is -2.33. The van der Waals surface area contributed by atoms with Crippen LogP contribution in [0.1, 0.15) is 26.2 Å². The van der Waals surface area contributed by atoms with Gasteiger partial charge in [-0.15, -0.1) is 0 Å². The molecule has 106 valence electrons. The minimum atomic E-state index is -0.253. The topological polar surface area (TPSA) is 87.0 Å². The molecule has 1 aromatic rings. The number of hydrogen-bond acceptors (Lipinski definition) is 5. The monoisotopic (exact) mass is 265 g/mol. The summed E-state index contributed by atoms with van der Waals surface area (Å²) in [5, 5.41) is 3.47. The Morgan fingerprint density at radius 1 is 1.53 bits per heavy atom. The van der Waals surface area contributed by atoms with E-state index in [-0.39, 0.29) is 11.2 Å². The zero-order chi connectivity index (χ0) is 13.7. The van der Waals surface area contributed by atoms with E-state index in [4.69, 9.17) is 5.73 Å². The van der Waals surface area contributed by atoms with Crippen molar-refractivity contribution in [2.45, 2.75) is 26.2 Å². The number of nitrogens with zero attached hydrogens (tertiary/aromatic N) is 2. The van der Waals surface area contributed by atoms with Crippen molar-refractivity contribution in [2.24, 2.45) is 5.92 Å². The zero-order valence-corrected chi connectivity index (χ0v) is 11.5. The first-order valence-electron chi connectivity index (χ1n) is 7.01. The van der Waals surface area contributed by atoms with Crippen molar-refractivity contribution >= 4 is 11.5 Å². The van der Waals surface area contributed by atoms with Crippen molar-refractivity contribution < 1.29 is 0 Å². The first kappa shape index (κ1) is 13.9. The smallest absolute Gasteiger partial charge is 0.276 e. The molecule has 0 atom stereocenters. The summed E-state index contributed by atoms with van der Waals surface area (Å²) in [5.41, 5.74) is 5.76. The van der Waals surface area contributed by atoms with Crippen LogP contribution in [0.3, 0.4) is 0 Å². The highest BCUT2D eigenvalue weighted by Gasteiger charge is 2.21. The summed E-state index contributed by atoms with van der Waals surface area (Å²) >= 11 is 0. The molecule has 0 amide bonds. The van der Waals surface area contributed by atoms with Gasteiger partial charge in [0.25, 0.3) is 5.56 Å². The Balaban J connectivity index is 1.89. The number of anilines is 2. The van der Waals surface area contributed by atoms with Crippen LogP contribution >= 0.6 is 0 Å². The van der Waals surface area contributed by atoms with Crippen molar-refractivity contribution in [3.8, 4) is 0 Å². The molecular formula is C13H23N5O. The molecule has 1 aromatic heterocycles. The summed E-state index contributed by atoms with van der Waals surface area (Å²) in [6.45, 7) is 6.18. The average molecular weight is 265 g/mol. The van der Waals surface area contributed by atoms with Crippen LogP contribution in [0.5, 0.6) is 0 Å². The first-order chi connectivity index (χ1) is 9.22. The summed E-state index contributed by atoms with van der Waals surface area (Å²) in [6, 6.07) is 0. The van der Waals surface area contributed by atoms with Gasteiger partial charge in [-0.1, -0.05) is 6.92 Å². The third-order valence-corrected chi connectivity index (χ3v) is 3.64. The molecule has 0 aromatic carbocycles. The Labute approximate surface area is 113 Å². The van der Waals surface area contributed by atoms with Gasteiger partial charge in [0.15, 0.2) is 5.82 Å². The molecule has 19 heavy (non-hydrogen) atoms. The molecule has 0 spiro atoms. The van der Waals surface area contributed by atoms with E-state index >= 15 is 0 Å². The lowest BCUT2D eigenvalue weighted by atomic mass is 9.96. The SMILES string of the molecule is CCCNCC1CCN(c2nc[nH]c(=O)c2N)CC1. The summed E-state index contributed by atoms with van der Waals surface area (Å²) in [6.07, 6.45) is 4.82. The zero-order valence-electron chi connectivity index (χ0n) is 11.5. The maximum Gasteiger partial charge on any atom is 0.276 e. The molecule has 2 heterocycles. The maximum atomic E-state index is 11.5. The first-order valence-corrected chi connectivity index (χ1v) is 7.01. The fourth-order valence-electron chi connectivity index (χ4n) is 2.48. The predicted molar refractivity (Wildman–Crippen MR) is 77.4 cm³/mol. The molecule has 1 aliphatic heterocycles. The molecule has 0 bridgehead atoms. The maximum absolute atomic E-state index is 11.5. The second kappa shape index (κ2) is 6.56. The largest absolute Gasteiger partial charge is 0.391 e. The Kier molecular flexibility index (Phi) is 4.79. The molecule has 4 N–H and O–H groups in total. The molecule has 0 saturated carbocycles. The standard InChI is InChI=1S/C13H23N5O/c1-2-5-15-8-10-3-6-18(7-4-10)12-11(14)13(19)17-9-16-12/h9-10,15H,2-8,14H2,1H3,(H,16,17,19). The molecule has 1 saturated heterocycles. The van der Waals surface area contributed by atoms with E-state index in [0.29, 0.717) is 11.7 Å². The molecule has 2 rings (SSSR count). The normalized spacial score (nSPS) is 16.8. The number of H-pyrrole nitrogens is 1. The fraction of sp³-hybridized carbons (Fsp3) is 0.692. The number of nitrogens with one attached hydrogen (secondary N) is 2. The number of aromatic amines is 1. The number of nitrogen functional groups attached to an aromatic ring is 1. The summed E-state index contributed by atoms with van der Waals surface area (Å²) in [5.74, 6) is 1.34. The van der Waals surface area contributed by atoms with Crippen LogP contribution in [0.15, 0.2) is 11.1 Å². The highest BCUT2D eigenvalue weighted by atomic mass is 16.1. The molecule has 6 heteroatoms. The van der Waals surface area contributed by atoms with Gasteiger partial charge in [-0.3, -0.25) is 4.79 Å². The lowest BCUT2D eigenvalue weighted by molar-refractivity contribution is 0.382. The average Bonchev–Trinajstić information content (AvgIpc) is 2.43. The lowest BCUT2D eigenvalue weighted by Crippen LogP contribution is -2.38. The van der Waals surface area contributed by atoms with E-state index in [1.807, 2.05) is 0 Å². The van der Waals surface area contributed by atoms with Crippen LogP contribution in [0, 0.1) is 5.92 Å². The van der Waals surface area contributed by atoms with Gasteiger partial charge in [-0.05, 0) is 38.3 Å². The summed E-state index contributed by atoms with van der Waals surface area (Å²) in [4.78, 5) is 20.3. The minimum Gasteiger partial charge on any atom is -0.391 e. The van der Waals surface area contributed by atoms with Crippen LogP contribution in [-0.4, -0.2) is 36.1 Å². The van der Waals surface area contributed by atoms with Crippen LogP contribution in [0.25, 0.3) is 0 Å². The molecule has 0 aliphatic carbocycles. The van der Waals surface area contributed by atoms with Gasteiger partial charge in [-0.2, -0.15) is 0 Å². The Morgan fingerprint density at radius 3 is 2.95 bits per heavy atom. The second-order valence-corrected chi connectivity index (χ2v) is 5.10. The highest BCUT2D eigenvalue weighted by Crippen LogP contribution is 2.23. The van der Waals surface area contributed by atoms with Crippen molar-refractivity contribution in [3.05, 3.63) is 16.7 Å². The minimum absolute atomic E-state index is 0.227. The Bertz CT molecular complexity index is 451. The van der Waals surface area contributed by atoms with Gasteiger partial charge >= 0.3 is 0 Å². The third-order valence-electron chi connectivity index (χ3n) is 3.64. The third kappa shape index (κ3) is 3.47. The van der Waals surface area contributed by atoms with Gasteiger partial charge in [-0.25, -0.2) is 4.98 Å². The van der Waals surface area contributed by atoms with E-state index in [1.165, 1.54) is 12.7 Å². The molecule has 6 nitrogen and oxygen atoms in total. The van der Waals surface area contributed by atoms with Gasteiger partial charge in [0.05, 0.1) is 6.33 Å². The predicted octanol–water partition coefficient (Wildman–Crippen LogP) is 0.568. The summed E-state index contributed by atoms with van der Waals surface area (Å²) < 4.78 is 0. The van der Waals surface area contributed by atoms with Crippen LogP contribution < -0.4 is 21.5 Å². The van der Waals surface area contributed by atoms with Crippen molar-refractivity contribution in [1.82, 2.24) is 15.3 Å². The quantitative estimate of drug-likeness (QED) is 0.677. The van der Waals surface area contributed by atoms with Gasteiger partial charge in [0.2, 0.25) is 0 Å². The number of hydrogen-bond donors (Lipinski definition) is 3. The van der Waals surface area contributed by atoms with Crippen molar-refractivity contribution in [3.63, 3.8) is 0 Å². The number of aromatic nitrogens is 2. The van der Waals surface area contributed by atoms with Crippen LogP contribution in [-0.2, 0) is 0 Å². The highest BCUT2D eigenvalue weighted by molar-refractivity contribution is 5.60. The van der Waals surface area contributed by atoms with Crippen molar-refractivity contribution in [1.29, 1.82) is 0 Å². The fourth-order valence-corrected chi connectivity index (χ4v) is 2.48. The van der Waals surface area contributed by atoms with E-state index in [2.05, 4.69) is 27.1 Å². The van der Waals surface area contributed by atoms with Gasteiger partial charge < -0.3 is 20.9 Å². The molecule has 0 unspecified atom stereocenters. The Morgan fingerprint density at radius 2 is 2.26 bits per heavy atom. The molecular weight excluding hydrogens is 242 g/mol. The number of piperidine rings is 1. The second-order valence-electron chi connectivity index (χ2n) is 5.10. The number of rotatable bonds is 5. The van der Waals surface area contributed by atoms with Crippen molar-refractivity contribution in [2.75, 3.05) is 36.8 Å². The van der Waals surface area contributed by atoms with E-state index < -0.39 is 0 Å². The van der Waals surface area contributed by atoms with Gasteiger partial charge in [0, 0.05) is 13.1 Å². The molecule has 1 fully saturated rings. The molecule has 0 radical (unpaired) electrons. The van der Waals surface area contributed by atoms with E-state index in [0.717, 1.165) is 39.0 Å². The Hall–Kier alpha value is -1.56.